The molecule has 0 unspecified atom stereocenters. The maximum atomic E-state index is 4.84. The van der Waals surface area contributed by atoms with Crippen molar-refractivity contribution in [3.8, 4) is 0 Å². The number of benzene rings is 1. The van der Waals surface area contributed by atoms with Crippen LogP contribution in [-0.4, -0.2) is 4.40 Å². The zero-order chi connectivity index (χ0) is 13.9. The van der Waals surface area contributed by atoms with Crippen LogP contribution in [0.4, 0.5) is 5.69 Å². The van der Waals surface area contributed by atoms with E-state index in [0.717, 1.165) is 10.5 Å². The van der Waals surface area contributed by atoms with Crippen molar-refractivity contribution in [1.82, 2.24) is 4.40 Å². The molecule has 2 aromatic heterocycles. The van der Waals surface area contributed by atoms with E-state index in [2.05, 4.69) is 60.2 Å². The van der Waals surface area contributed by atoms with Crippen LogP contribution in [0.2, 0.25) is 0 Å². The molecule has 0 atom stereocenters. The third-order valence-corrected chi connectivity index (χ3v) is 4.22. The molecule has 0 saturated carbocycles. The van der Waals surface area contributed by atoms with Gasteiger partial charge in [0.1, 0.15) is 0 Å². The van der Waals surface area contributed by atoms with Crippen molar-refractivity contribution >= 4 is 28.1 Å². The Balaban J connectivity index is 2.23. The average Bonchev–Trinajstić information content (AvgIpc) is 2.90. The Hall–Kier alpha value is -2.13. The van der Waals surface area contributed by atoms with Crippen molar-refractivity contribution in [2.75, 3.05) is 0 Å². The summed E-state index contributed by atoms with van der Waals surface area (Å²) in [6, 6.07) is 14.4. The molecule has 0 aliphatic heterocycles. The van der Waals surface area contributed by atoms with Gasteiger partial charge in [-0.3, -0.25) is 4.40 Å². The molecule has 0 aliphatic rings. The summed E-state index contributed by atoms with van der Waals surface area (Å²) >= 11 is 1.66. The molecule has 0 fully saturated rings. The van der Waals surface area contributed by atoms with E-state index < -0.39 is 0 Å². The molecule has 0 spiro atoms. The lowest BCUT2D eigenvalue weighted by molar-refractivity contribution is 1.10. The third-order valence-electron chi connectivity index (χ3n) is 3.36. The van der Waals surface area contributed by atoms with Gasteiger partial charge in [0.05, 0.1) is 11.2 Å². The summed E-state index contributed by atoms with van der Waals surface area (Å²) < 4.78 is 2.12. The zero-order valence-corrected chi connectivity index (χ0v) is 12.4. The Kier molecular flexibility index (Phi) is 3.52. The number of pyridine rings is 1. The lowest BCUT2D eigenvalue weighted by Crippen LogP contribution is -2.05. The van der Waals surface area contributed by atoms with Crippen LogP contribution >= 0.6 is 11.3 Å². The fraction of sp³-hybridized carbons (Fsp3) is 0.118. The quantitative estimate of drug-likeness (QED) is 0.649. The van der Waals surface area contributed by atoms with Gasteiger partial charge >= 0.3 is 0 Å². The highest BCUT2D eigenvalue weighted by Gasteiger charge is 2.02. The van der Waals surface area contributed by atoms with Crippen molar-refractivity contribution < 1.29 is 0 Å². The number of nitrogens with zero attached hydrogens (tertiary/aromatic N) is 2. The summed E-state index contributed by atoms with van der Waals surface area (Å²) in [6.07, 6.45) is 4.17. The van der Waals surface area contributed by atoms with Crippen molar-refractivity contribution in [3.05, 3.63) is 70.5 Å². The van der Waals surface area contributed by atoms with E-state index in [1.165, 1.54) is 16.7 Å². The Morgan fingerprint density at radius 3 is 2.80 bits per heavy atom. The lowest BCUT2D eigenvalue weighted by Gasteiger charge is -2.04. The van der Waals surface area contributed by atoms with Gasteiger partial charge in [-0.1, -0.05) is 30.3 Å². The molecule has 0 saturated heterocycles. The van der Waals surface area contributed by atoms with Gasteiger partial charge in [0.15, 0.2) is 4.80 Å². The number of rotatable bonds is 2. The van der Waals surface area contributed by atoms with Crippen LogP contribution in [0.3, 0.4) is 0 Å². The van der Waals surface area contributed by atoms with Crippen LogP contribution in [0.5, 0.6) is 0 Å². The molecular weight excluding hydrogens is 264 g/mol. The Bertz CT molecular complexity index is 837. The van der Waals surface area contributed by atoms with E-state index in [0.29, 0.717) is 0 Å². The first-order valence-corrected chi connectivity index (χ1v) is 7.49. The largest absolute Gasteiger partial charge is 0.292 e. The second-order valence-corrected chi connectivity index (χ2v) is 5.45. The zero-order valence-electron chi connectivity index (χ0n) is 11.6. The number of allylic oxidation sites excluding steroid dienone is 2. The number of aromatic nitrogens is 1. The predicted molar refractivity (Wildman–Crippen MR) is 86.3 cm³/mol. The van der Waals surface area contributed by atoms with E-state index >= 15 is 0 Å². The fourth-order valence-electron chi connectivity index (χ4n) is 2.14. The summed E-state index contributed by atoms with van der Waals surface area (Å²) in [5.74, 6) is 0. The van der Waals surface area contributed by atoms with E-state index in [-0.39, 0.29) is 0 Å². The first-order valence-electron chi connectivity index (χ1n) is 6.61. The van der Waals surface area contributed by atoms with Gasteiger partial charge in [-0.2, -0.15) is 0 Å². The first-order chi connectivity index (χ1) is 9.79. The molecule has 3 aromatic rings. The smallest absolute Gasteiger partial charge is 0.194 e. The maximum absolute atomic E-state index is 4.84. The molecule has 3 rings (SSSR count). The number of hydrogen-bond donors (Lipinski definition) is 0. The summed E-state index contributed by atoms with van der Waals surface area (Å²) in [5, 5.41) is 2.13. The van der Waals surface area contributed by atoms with Crippen molar-refractivity contribution in [2.24, 2.45) is 4.99 Å². The topological polar surface area (TPSA) is 16.8 Å². The monoisotopic (exact) mass is 280 g/mol. The standard InChI is InChI=1S/C17H16N2S/c1-3-13(2)15-9-4-5-10-16(15)18-17-19-11-7-6-8-14(19)12-20-17/h3-12H,1-2H3/b13-3-,18-17?. The van der Waals surface area contributed by atoms with Gasteiger partial charge in [-0.05, 0) is 37.6 Å². The second-order valence-electron chi connectivity index (χ2n) is 4.61. The molecule has 0 aliphatic carbocycles. The Morgan fingerprint density at radius 2 is 1.95 bits per heavy atom. The van der Waals surface area contributed by atoms with Crippen LogP contribution < -0.4 is 4.80 Å². The van der Waals surface area contributed by atoms with E-state index in [9.17, 15) is 0 Å². The van der Waals surface area contributed by atoms with Crippen molar-refractivity contribution in [1.29, 1.82) is 0 Å². The minimum absolute atomic E-state index is 0.997. The Morgan fingerprint density at radius 1 is 1.15 bits per heavy atom. The van der Waals surface area contributed by atoms with Crippen molar-refractivity contribution in [2.45, 2.75) is 13.8 Å². The number of thiazole rings is 1. The normalized spacial score (nSPS) is 13.1. The highest BCUT2D eigenvalue weighted by atomic mass is 32.1. The highest BCUT2D eigenvalue weighted by molar-refractivity contribution is 7.07. The average molecular weight is 280 g/mol. The fourth-order valence-corrected chi connectivity index (χ4v) is 2.99. The van der Waals surface area contributed by atoms with E-state index in [4.69, 9.17) is 4.99 Å². The van der Waals surface area contributed by atoms with Gasteiger partial charge < -0.3 is 0 Å². The van der Waals surface area contributed by atoms with E-state index in [1.807, 2.05) is 18.2 Å². The number of para-hydroxylation sites is 1. The molecule has 0 bridgehead atoms. The minimum atomic E-state index is 0.997. The summed E-state index contributed by atoms with van der Waals surface area (Å²) in [4.78, 5) is 5.84. The van der Waals surface area contributed by atoms with Crippen LogP contribution in [0.25, 0.3) is 11.1 Å². The second kappa shape index (κ2) is 5.47. The van der Waals surface area contributed by atoms with Crippen LogP contribution in [0, 0.1) is 0 Å². The van der Waals surface area contributed by atoms with Gasteiger partial charge in [-0.15, -0.1) is 11.3 Å². The molecule has 100 valence electrons. The van der Waals surface area contributed by atoms with Gasteiger partial charge in [0.25, 0.3) is 0 Å². The molecule has 1 aromatic carbocycles. The van der Waals surface area contributed by atoms with Crippen LogP contribution in [0.15, 0.2) is 65.1 Å². The Labute approximate surface area is 122 Å². The van der Waals surface area contributed by atoms with Crippen molar-refractivity contribution in [3.63, 3.8) is 0 Å². The molecular formula is C17H16N2S. The van der Waals surface area contributed by atoms with Crippen LogP contribution in [-0.2, 0) is 0 Å². The highest BCUT2D eigenvalue weighted by Crippen LogP contribution is 2.25. The molecule has 2 heterocycles. The van der Waals surface area contributed by atoms with Gasteiger partial charge in [-0.25, -0.2) is 4.99 Å². The number of hydrogen-bond acceptors (Lipinski definition) is 2. The predicted octanol–water partition coefficient (Wildman–Crippen LogP) is 4.66. The first kappa shape index (κ1) is 12.9. The summed E-state index contributed by atoms with van der Waals surface area (Å²) in [6.45, 7) is 4.18. The van der Waals surface area contributed by atoms with Gasteiger partial charge in [0, 0.05) is 17.1 Å². The minimum Gasteiger partial charge on any atom is -0.292 e. The number of fused-ring (bicyclic) bond motifs is 1. The molecule has 2 nitrogen and oxygen atoms in total. The van der Waals surface area contributed by atoms with Crippen LogP contribution in [0.1, 0.15) is 19.4 Å². The maximum Gasteiger partial charge on any atom is 0.194 e. The summed E-state index contributed by atoms with van der Waals surface area (Å²) in [7, 11) is 0. The molecule has 0 N–H and O–H groups in total. The van der Waals surface area contributed by atoms with E-state index in [1.54, 1.807) is 11.3 Å². The lowest BCUT2D eigenvalue weighted by atomic mass is 10.1. The van der Waals surface area contributed by atoms with Gasteiger partial charge in [0.2, 0.25) is 0 Å². The summed E-state index contributed by atoms with van der Waals surface area (Å²) in [5.41, 5.74) is 4.63. The SMILES string of the molecule is C/C=C(/C)c1ccccc1N=c1scc2ccccn12. The molecule has 3 heteroatoms. The third kappa shape index (κ3) is 2.32. The molecule has 20 heavy (non-hydrogen) atoms. The molecule has 0 radical (unpaired) electrons. The molecule has 0 amide bonds.